The van der Waals surface area contributed by atoms with Crippen LogP contribution in [0.1, 0.15) is 24.2 Å². The van der Waals surface area contributed by atoms with E-state index in [1.807, 2.05) is 0 Å². The highest BCUT2D eigenvalue weighted by Gasteiger charge is 2.20. The van der Waals surface area contributed by atoms with Crippen LogP contribution in [0.25, 0.3) is 0 Å². The maximum absolute atomic E-state index is 13.2. The number of aliphatic hydroxyl groups excluding tert-OH is 1. The lowest BCUT2D eigenvalue weighted by Crippen LogP contribution is -2.25. The molecule has 0 aliphatic rings. The summed E-state index contributed by atoms with van der Waals surface area (Å²) >= 11 is 0. The monoisotopic (exact) mass is 219 g/mol. The summed E-state index contributed by atoms with van der Waals surface area (Å²) < 4.78 is 38.5. The van der Waals surface area contributed by atoms with Gasteiger partial charge in [-0.3, -0.25) is 0 Å². The minimum atomic E-state index is -1.34. The summed E-state index contributed by atoms with van der Waals surface area (Å²) in [4.78, 5) is 0. The van der Waals surface area contributed by atoms with Crippen molar-refractivity contribution < 1.29 is 18.3 Å². The van der Waals surface area contributed by atoms with Gasteiger partial charge in [0.2, 0.25) is 0 Å². The lowest BCUT2D eigenvalue weighted by molar-refractivity contribution is 0.147. The molecule has 0 aliphatic heterocycles. The second kappa shape index (κ2) is 4.63. The van der Waals surface area contributed by atoms with Crippen LogP contribution >= 0.6 is 0 Å². The summed E-state index contributed by atoms with van der Waals surface area (Å²) in [5.41, 5.74) is 5.01. The zero-order chi connectivity index (χ0) is 11.6. The standard InChI is InChI=1S/C10H12F3NO/c1-5(14)10(15)7-2-6(4-11)3-8(12)9(7)13/h2-3,5,10,15H,4,14H2,1H3. The van der Waals surface area contributed by atoms with Crippen molar-refractivity contribution in [2.75, 3.05) is 0 Å². The summed E-state index contributed by atoms with van der Waals surface area (Å²) in [5, 5.41) is 9.47. The predicted molar refractivity (Wildman–Crippen MR) is 49.8 cm³/mol. The maximum Gasteiger partial charge on any atom is 0.164 e. The third-order valence-corrected chi connectivity index (χ3v) is 2.09. The van der Waals surface area contributed by atoms with Crippen molar-refractivity contribution >= 4 is 0 Å². The molecule has 0 saturated heterocycles. The number of halogens is 3. The first-order valence-corrected chi connectivity index (χ1v) is 4.44. The average molecular weight is 219 g/mol. The minimum Gasteiger partial charge on any atom is -0.387 e. The number of benzene rings is 1. The van der Waals surface area contributed by atoms with Crippen LogP contribution in [-0.2, 0) is 6.67 Å². The first-order valence-electron chi connectivity index (χ1n) is 4.44. The molecule has 84 valence electrons. The summed E-state index contributed by atoms with van der Waals surface area (Å²) in [6.07, 6.45) is -1.34. The molecule has 0 spiro atoms. The van der Waals surface area contributed by atoms with E-state index >= 15 is 0 Å². The normalized spacial score (nSPS) is 15.1. The molecule has 0 fully saturated rings. The smallest absolute Gasteiger partial charge is 0.164 e. The third kappa shape index (κ3) is 2.49. The molecule has 0 radical (unpaired) electrons. The lowest BCUT2D eigenvalue weighted by Gasteiger charge is -2.16. The molecule has 5 heteroatoms. The topological polar surface area (TPSA) is 46.2 Å². The van der Waals surface area contributed by atoms with E-state index < -0.39 is 30.5 Å². The van der Waals surface area contributed by atoms with Gasteiger partial charge in [0.15, 0.2) is 11.6 Å². The zero-order valence-electron chi connectivity index (χ0n) is 8.17. The van der Waals surface area contributed by atoms with E-state index in [0.717, 1.165) is 12.1 Å². The van der Waals surface area contributed by atoms with Gasteiger partial charge >= 0.3 is 0 Å². The van der Waals surface area contributed by atoms with E-state index in [1.54, 1.807) is 0 Å². The Morgan fingerprint density at radius 2 is 2.00 bits per heavy atom. The van der Waals surface area contributed by atoms with Crippen LogP contribution in [0.5, 0.6) is 0 Å². The Kier molecular flexibility index (Phi) is 3.71. The summed E-state index contributed by atoms with van der Waals surface area (Å²) in [6, 6.07) is 1.08. The van der Waals surface area contributed by atoms with Gasteiger partial charge in [-0.25, -0.2) is 13.2 Å². The van der Waals surface area contributed by atoms with Gasteiger partial charge in [0, 0.05) is 11.6 Å². The van der Waals surface area contributed by atoms with Crippen molar-refractivity contribution in [3.05, 3.63) is 34.9 Å². The Morgan fingerprint density at radius 3 is 2.47 bits per heavy atom. The SMILES string of the molecule is CC(N)C(O)c1cc(CF)cc(F)c1F. The Hall–Kier alpha value is -1.07. The van der Waals surface area contributed by atoms with Crippen molar-refractivity contribution in [2.24, 2.45) is 5.73 Å². The highest BCUT2D eigenvalue weighted by atomic mass is 19.2. The van der Waals surface area contributed by atoms with Gasteiger partial charge in [0.1, 0.15) is 6.67 Å². The fourth-order valence-electron chi connectivity index (χ4n) is 1.24. The number of hydrogen-bond donors (Lipinski definition) is 2. The van der Waals surface area contributed by atoms with E-state index in [4.69, 9.17) is 5.73 Å². The van der Waals surface area contributed by atoms with E-state index in [0.29, 0.717) is 0 Å². The number of rotatable bonds is 3. The van der Waals surface area contributed by atoms with Crippen LogP contribution in [-0.4, -0.2) is 11.1 Å². The molecule has 0 aromatic heterocycles. The zero-order valence-corrected chi connectivity index (χ0v) is 8.17. The molecule has 3 N–H and O–H groups in total. The lowest BCUT2D eigenvalue weighted by atomic mass is 10.0. The van der Waals surface area contributed by atoms with Gasteiger partial charge in [-0.05, 0) is 24.6 Å². The van der Waals surface area contributed by atoms with Crippen LogP contribution in [0.3, 0.4) is 0 Å². The predicted octanol–water partition coefficient (Wildman–Crippen LogP) is 1.81. The van der Waals surface area contributed by atoms with Crippen LogP contribution in [0.2, 0.25) is 0 Å². The molecule has 0 bridgehead atoms. The molecular weight excluding hydrogens is 207 g/mol. The van der Waals surface area contributed by atoms with Crippen molar-refractivity contribution in [2.45, 2.75) is 25.7 Å². The van der Waals surface area contributed by atoms with Gasteiger partial charge < -0.3 is 10.8 Å². The van der Waals surface area contributed by atoms with Crippen LogP contribution in [0.15, 0.2) is 12.1 Å². The Bertz CT molecular complexity index is 355. The molecular formula is C10H12F3NO. The molecule has 0 heterocycles. The first-order chi connectivity index (χ1) is 6.97. The van der Waals surface area contributed by atoms with E-state index in [-0.39, 0.29) is 11.1 Å². The van der Waals surface area contributed by atoms with Crippen LogP contribution in [0, 0.1) is 11.6 Å². The third-order valence-electron chi connectivity index (χ3n) is 2.09. The molecule has 1 aromatic rings. The Labute approximate surface area is 85.5 Å². The maximum atomic E-state index is 13.2. The van der Waals surface area contributed by atoms with Gasteiger partial charge in [0.25, 0.3) is 0 Å². The number of hydrogen-bond acceptors (Lipinski definition) is 2. The molecule has 2 nitrogen and oxygen atoms in total. The van der Waals surface area contributed by atoms with Crippen LogP contribution < -0.4 is 5.73 Å². The summed E-state index contributed by atoms with van der Waals surface area (Å²) in [6.45, 7) is 0.528. The van der Waals surface area contributed by atoms with Crippen molar-refractivity contribution in [3.8, 4) is 0 Å². The number of alkyl halides is 1. The second-order valence-electron chi connectivity index (χ2n) is 3.42. The largest absolute Gasteiger partial charge is 0.387 e. The molecule has 15 heavy (non-hydrogen) atoms. The van der Waals surface area contributed by atoms with E-state index in [2.05, 4.69) is 0 Å². The quantitative estimate of drug-likeness (QED) is 0.814. The van der Waals surface area contributed by atoms with Gasteiger partial charge in [-0.2, -0.15) is 0 Å². The van der Waals surface area contributed by atoms with Crippen molar-refractivity contribution in [1.82, 2.24) is 0 Å². The second-order valence-corrected chi connectivity index (χ2v) is 3.42. The van der Waals surface area contributed by atoms with Gasteiger partial charge in [-0.1, -0.05) is 0 Å². The number of aliphatic hydroxyl groups is 1. The highest BCUT2D eigenvalue weighted by molar-refractivity contribution is 5.28. The first kappa shape index (κ1) is 12.0. The highest BCUT2D eigenvalue weighted by Crippen LogP contribution is 2.23. The molecule has 0 saturated carbocycles. The van der Waals surface area contributed by atoms with E-state index in [1.165, 1.54) is 6.92 Å². The fraction of sp³-hybridized carbons (Fsp3) is 0.400. The van der Waals surface area contributed by atoms with Gasteiger partial charge in [0.05, 0.1) is 6.10 Å². The molecule has 0 aliphatic carbocycles. The Balaban J connectivity index is 3.21. The van der Waals surface area contributed by atoms with Crippen molar-refractivity contribution in [3.63, 3.8) is 0 Å². The van der Waals surface area contributed by atoms with E-state index in [9.17, 15) is 18.3 Å². The molecule has 1 aromatic carbocycles. The Morgan fingerprint density at radius 1 is 1.40 bits per heavy atom. The number of nitrogens with two attached hydrogens (primary N) is 1. The molecule has 1 rings (SSSR count). The molecule has 2 unspecified atom stereocenters. The molecule has 2 atom stereocenters. The van der Waals surface area contributed by atoms with Crippen molar-refractivity contribution in [1.29, 1.82) is 0 Å². The average Bonchev–Trinajstić information content (AvgIpc) is 2.20. The minimum absolute atomic E-state index is 0.0244. The summed E-state index contributed by atoms with van der Waals surface area (Å²) in [5.74, 6) is -2.36. The molecule has 0 amide bonds. The van der Waals surface area contributed by atoms with Gasteiger partial charge in [-0.15, -0.1) is 0 Å². The fourth-order valence-corrected chi connectivity index (χ4v) is 1.24. The summed E-state index contributed by atoms with van der Waals surface area (Å²) in [7, 11) is 0. The van der Waals surface area contributed by atoms with Crippen LogP contribution in [0.4, 0.5) is 13.2 Å².